The van der Waals surface area contributed by atoms with E-state index < -0.39 is 0 Å². The molecule has 0 saturated heterocycles. The van der Waals surface area contributed by atoms with Gasteiger partial charge in [-0.25, -0.2) is 4.39 Å². The predicted molar refractivity (Wildman–Crippen MR) is 85.8 cm³/mol. The Hall–Kier alpha value is -0.200. The van der Waals surface area contributed by atoms with Crippen LogP contribution in [0.1, 0.15) is 38.3 Å². The molecule has 0 aliphatic rings. The standard InChI is InChI=1S/C15H23FINO/c1-4-8-18-15(11(2)7-9-19-3)13-6-5-12(16)10-14(13)17/h5-6,10-11,15,18H,4,7-9H2,1-3H3. The molecule has 2 unspecified atom stereocenters. The SMILES string of the molecule is CCCNC(c1ccc(F)cc1I)C(C)CCOC. The largest absolute Gasteiger partial charge is 0.385 e. The molecule has 2 atom stereocenters. The summed E-state index contributed by atoms with van der Waals surface area (Å²) >= 11 is 2.21. The van der Waals surface area contributed by atoms with Crippen LogP contribution >= 0.6 is 22.6 Å². The van der Waals surface area contributed by atoms with Gasteiger partial charge in [-0.1, -0.05) is 19.9 Å². The maximum absolute atomic E-state index is 13.2. The van der Waals surface area contributed by atoms with Crippen LogP contribution in [0.25, 0.3) is 0 Å². The van der Waals surface area contributed by atoms with Gasteiger partial charge >= 0.3 is 0 Å². The third kappa shape index (κ3) is 5.36. The molecule has 0 aliphatic heterocycles. The number of halogens is 2. The first kappa shape index (κ1) is 16.9. The quantitative estimate of drug-likeness (QED) is 0.686. The second kappa shape index (κ2) is 8.87. The second-order valence-corrected chi connectivity index (χ2v) is 6.02. The molecule has 0 saturated carbocycles. The molecule has 0 bridgehead atoms. The minimum absolute atomic E-state index is 0.174. The van der Waals surface area contributed by atoms with Gasteiger partial charge in [0.25, 0.3) is 0 Å². The zero-order valence-electron chi connectivity index (χ0n) is 11.9. The Morgan fingerprint density at radius 3 is 2.74 bits per heavy atom. The molecule has 1 rings (SSSR count). The maximum atomic E-state index is 13.2. The maximum Gasteiger partial charge on any atom is 0.124 e. The van der Waals surface area contributed by atoms with Gasteiger partial charge in [-0.2, -0.15) is 0 Å². The van der Waals surface area contributed by atoms with E-state index in [1.54, 1.807) is 19.2 Å². The molecular formula is C15H23FINO. The van der Waals surface area contributed by atoms with Crippen molar-refractivity contribution >= 4 is 22.6 Å². The highest BCUT2D eigenvalue weighted by Gasteiger charge is 2.20. The minimum Gasteiger partial charge on any atom is -0.385 e. The average molecular weight is 379 g/mol. The number of hydrogen-bond donors (Lipinski definition) is 1. The Bertz CT molecular complexity index is 386. The summed E-state index contributed by atoms with van der Waals surface area (Å²) in [5.41, 5.74) is 1.18. The highest BCUT2D eigenvalue weighted by atomic mass is 127. The second-order valence-electron chi connectivity index (χ2n) is 4.86. The van der Waals surface area contributed by atoms with Crippen LogP contribution in [-0.2, 0) is 4.74 Å². The first-order valence-electron chi connectivity index (χ1n) is 6.77. The summed E-state index contributed by atoms with van der Waals surface area (Å²) < 4.78 is 19.4. The van der Waals surface area contributed by atoms with E-state index in [-0.39, 0.29) is 11.9 Å². The van der Waals surface area contributed by atoms with Crippen molar-refractivity contribution in [3.8, 4) is 0 Å². The topological polar surface area (TPSA) is 21.3 Å². The molecule has 2 nitrogen and oxygen atoms in total. The third-order valence-corrected chi connectivity index (χ3v) is 4.19. The molecule has 0 radical (unpaired) electrons. The average Bonchev–Trinajstić information content (AvgIpc) is 2.38. The van der Waals surface area contributed by atoms with Crippen molar-refractivity contribution in [2.75, 3.05) is 20.3 Å². The molecule has 1 N–H and O–H groups in total. The van der Waals surface area contributed by atoms with Crippen molar-refractivity contribution in [2.24, 2.45) is 5.92 Å². The van der Waals surface area contributed by atoms with Crippen molar-refractivity contribution in [2.45, 2.75) is 32.7 Å². The summed E-state index contributed by atoms with van der Waals surface area (Å²) in [5, 5.41) is 3.57. The van der Waals surface area contributed by atoms with Gasteiger partial charge in [0.15, 0.2) is 0 Å². The fourth-order valence-electron chi connectivity index (χ4n) is 2.14. The van der Waals surface area contributed by atoms with E-state index in [9.17, 15) is 4.39 Å². The molecule has 0 aromatic heterocycles. The van der Waals surface area contributed by atoms with Crippen LogP contribution in [0.4, 0.5) is 4.39 Å². The van der Waals surface area contributed by atoms with Gasteiger partial charge in [-0.3, -0.25) is 0 Å². The molecule has 0 heterocycles. The number of methoxy groups -OCH3 is 1. The number of nitrogens with one attached hydrogen (secondary N) is 1. The molecule has 1 aromatic carbocycles. The highest BCUT2D eigenvalue weighted by Crippen LogP contribution is 2.28. The summed E-state index contributed by atoms with van der Waals surface area (Å²) in [6.07, 6.45) is 2.08. The van der Waals surface area contributed by atoms with Crippen LogP contribution in [0, 0.1) is 15.3 Å². The first-order chi connectivity index (χ1) is 9.10. The molecular weight excluding hydrogens is 356 g/mol. The highest BCUT2D eigenvalue weighted by molar-refractivity contribution is 14.1. The monoisotopic (exact) mass is 379 g/mol. The lowest BCUT2D eigenvalue weighted by Gasteiger charge is -2.26. The van der Waals surface area contributed by atoms with Crippen LogP contribution in [0.15, 0.2) is 18.2 Å². The smallest absolute Gasteiger partial charge is 0.124 e. The molecule has 0 aliphatic carbocycles. The summed E-state index contributed by atoms with van der Waals surface area (Å²) in [7, 11) is 1.73. The van der Waals surface area contributed by atoms with E-state index in [4.69, 9.17) is 4.74 Å². The molecule has 108 valence electrons. The van der Waals surface area contributed by atoms with Gasteiger partial charge in [0, 0.05) is 23.3 Å². The Morgan fingerprint density at radius 2 is 2.16 bits per heavy atom. The molecule has 0 amide bonds. The van der Waals surface area contributed by atoms with E-state index in [0.29, 0.717) is 5.92 Å². The zero-order valence-corrected chi connectivity index (χ0v) is 14.0. The minimum atomic E-state index is -0.174. The number of hydrogen-bond acceptors (Lipinski definition) is 2. The molecule has 4 heteroatoms. The summed E-state index contributed by atoms with van der Waals surface area (Å²) in [5.74, 6) is 0.275. The van der Waals surface area contributed by atoms with Crippen LogP contribution in [-0.4, -0.2) is 20.3 Å². The number of ether oxygens (including phenoxy) is 1. The van der Waals surface area contributed by atoms with Gasteiger partial charge in [0.1, 0.15) is 5.82 Å². The Morgan fingerprint density at radius 1 is 1.42 bits per heavy atom. The van der Waals surface area contributed by atoms with Crippen LogP contribution in [0.5, 0.6) is 0 Å². The van der Waals surface area contributed by atoms with E-state index in [2.05, 4.69) is 41.8 Å². The van der Waals surface area contributed by atoms with E-state index in [1.165, 1.54) is 5.56 Å². The summed E-state index contributed by atoms with van der Waals surface area (Å²) in [6.45, 7) is 6.09. The van der Waals surface area contributed by atoms with Gasteiger partial charge in [-0.05, 0) is 65.6 Å². The number of rotatable bonds is 8. The van der Waals surface area contributed by atoms with Gasteiger partial charge in [-0.15, -0.1) is 0 Å². The van der Waals surface area contributed by atoms with Gasteiger partial charge in [0.2, 0.25) is 0 Å². The van der Waals surface area contributed by atoms with E-state index >= 15 is 0 Å². The predicted octanol–water partition coefficient (Wildman–Crippen LogP) is 4.14. The van der Waals surface area contributed by atoms with E-state index in [0.717, 1.165) is 29.6 Å². The summed E-state index contributed by atoms with van der Waals surface area (Å²) in [4.78, 5) is 0. The molecule has 0 spiro atoms. The Labute approximate surface area is 129 Å². The third-order valence-electron chi connectivity index (χ3n) is 3.26. The fourth-order valence-corrected chi connectivity index (χ4v) is 2.95. The van der Waals surface area contributed by atoms with Crippen molar-refractivity contribution in [3.05, 3.63) is 33.1 Å². The Balaban J connectivity index is 2.88. The Kier molecular flexibility index (Phi) is 7.87. The number of benzene rings is 1. The van der Waals surface area contributed by atoms with Crippen molar-refractivity contribution in [3.63, 3.8) is 0 Å². The van der Waals surface area contributed by atoms with Crippen LogP contribution < -0.4 is 5.32 Å². The van der Waals surface area contributed by atoms with Gasteiger partial charge in [0.05, 0.1) is 0 Å². The lowest BCUT2D eigenvalue weighted by molar-refractivity contribution is 0.170. The molecule has 1 aromatic rings. The van der Waals surface area contributed by atoms with Crippen LogP contribution in [0.2, 0.25) is 0 Å². The lowest BCUT2D eigenvalue weighted by Crippen LogP contribution is -2.29. The van der Waals surface area contributed by atoms with Crippen molar-refractivity contribution in [1.82, 2.24) is 5.32 Å². The van der Waals surface area contributed by atoms with Gasteiger partial charge < -0.3 is 10.1 Å². The van der Waals surface area contributed by atoms with Crippen molar-refractivity contribution < 1.29 is 9.13 Å². The fraction of sp³-hybridized carbons (Fsp3) is 0.600. The molecule has 0 fully saturated rings. The lowest BCUT2D eigenvalue weighted by atomic mass is 9.92. The summed E-state index contributed by atoms with van der Waals surface area (Å²) in [6, 6.07) is 5.29. The van der Waals surface area contributed by atoms with E-state index in [1.807, 2.05) is 6.07 Å². The first-order valence-corrected chi connectivity index (χ1v) is 7.85. The van der Waals surface area contributed by atoms with Crippen LogP contribution in [0.3, 0.4) is 0 Å². The van der Waals surface area contributed by atoms with Crippen molar-refractivity contribution in [1.29, 1.82) is 0 Å². The normalized spacial score (nSPS) is 14.4. The molecule has 19 heavy (non-hydrogen) atoms. The zero-order chi connectivity index (χ0) is 14.3.